The van der Waals surface area contributed by atoms with E-state index in [0.717, 1.165) is 6.42 Å². The van der Waals surface area contributed by atoms with Gasteiger partial charge in [0.2, 0.25) is 5.91 Å². The van der Waals surface area contributed by atoms with Gasteiger partial charge in [-0.3, -0.25) is 15.0 Å². The maximum atomic E-state index is 11.8. The molecule has 0 unspecified atom stereocenters. The highest BCUT2D eigenvalue weighted by molar-refractivity contribution is 5.95. The van der Waals surface area contributed by atoms with Crippen LogP contribution in [0.15, 0.2) is 0 Å². The molecule has 0 aromatic carbocycles. The number of nitrogens with one attached hydrogen (secondary N) is 2. The molecular weight excluding hydrogens is 258 g/mol. The monoisotopic (exact) mass is 285 g/mol. The maximum absolute atomic E-state index is 11.8. The van der Waals surface area contributed by atoms with Gasteiger partial charge < -0.3 is 10.1 Å². The summed E-state index contributed by atoms with van der Waals surface area (Å²) in [5.74, 6) is 0.260. The summed E-state index contributed by atoms with van der Waals surface area (Å²) in [6, 6.07) is -0.412. The van der Waals surface area contributed by atoms with Crippen molar-refractivity contribution in [3.63, 3.8) is 0 Å². The first-order chi connectivity index (χ1) is 9.36. The Hall–Kier alpha value is -1.14. The third-order valence-electron chi connectivity index (χ3n) is 3.12. The Morgan fingerprint density at radius 3 is 2.40 bits per heavy atom. The van der Waals surface area contributed by atoms with Crippen LogP contribution in [-0.4, -0.2) is 55.2 Å². The van der Waals surface area contributed by atoms with E-state index in [1.54, 1.807) is 0 Å². The molecule has 0 aromatic rings. The molecule has 3 amide bonds. The fourth-order valence-electron chi connectivity index (χ4n) is 2.30. The van der Waals surface area contributed by atoms with Crippen LogP contribution < -0.4 is 10.6 Å². The zero-order chi connectivity index (χ0) is 15.1. The first-order valence-corrected chi connectivity index (χ1v) is 7.32. The lowest BCUT2D eigenvalue weighted by atomic mass is 10.1. The average Bonchev–Trinajstić information content (AvgIpc) is 2.25. The van der Waals surface area contributed by atoms with Crippen molar-refractivity contribution in [3.05, 3.63) is 0 Å². The molecule has 0 aliphatic carbocycles. The number of ether oxygens (including phenoxy) is 1. The molecule has 1 saturated heterocycles. The highest BCUT2D eigenvalue weighted by atomic mass is 16.5. The molecule has 0 radical (unpaired) electrons. The zero-order valence-electron chi connectivity index (χ0n) is 12.9. The van der Waals surface area contributed by atoms with Gasteiger partial charge in [0, 0.05) is 19.6 Å². The van der Waals surface area contributed by atoms with Gasteiger partial charge in [0.1, 0.15) is 0 Å². The molecule has 0 bridgehead atoms. The van der Waals surface area contributed by atoms with Crippen molar-refractivity contribution in [1.29, 1.82) is 0 Å². The molecule has 0 aromatic heterocycles. The van der Waals surface area contributed by atoms with Crippen molar-refractivity contribution >= 4 is 11.9 Å². The van der Waals surface area contributed by atoms with E-state index in [1.807, 2.05) is 18.7 Å². The van der Waals surface area contributed by atoms with Gasteiger partial charge >= 0.3 is 6.03 Å². The first-order valence-electron chi connectivity index (χ1n) is 7.32. The normalized spacial score (nSPS) is 23.6. The van der Waals surface area contributed by atoms with E-state index in [1.165, 1.54) is 0 Å². The second-order valence-electron chi connectivity index (χ2n) is 5.94. The van der Waals surface area contributed by atoms with Crippen LogP contribution in [0.1, 0.15) is 34.1 Å². The number of imide groups is 1. The van der Waals surface area contributed by atoms with E-state index in [-0.39, 0.29) is 24.7 Å². The van der Waals surface area contributed by atoms with Gasteiger partial charge in [-0.05, 0) is 26.2 Å². The van der Waals surface area contributed by atoms with Crippen LogP contribution in [-0.2, 0) is 9.53 Å². The summed E-state index contributed by atoms with van der Waals surface area (Å²) in [6.07, 6.45) is 1.14. The van der Waals surface area contributed by atoms with E-state index in [4.69, 9.17) is 4.74 Å². The molecule has 1 aliphatic rings. The predicted molar refractivity (Wildman–Crippen MR) is 77.4 cm³/mol. The maximum Gasteiger partial charge on any atom is 0.321 e. The Morgan fingerprint density at radius 1 is 1.25 bits per heavy atom. The Balaban J connectivity index is 2.23. The molecular formula is C14H27N3O3. The molecule has 6 heteroatoms. The van der Waals surface area contributed by atoms with Crippen molar-refractivity contribution in [2.45, 2.75) is 46.3 Å². The fraction of sp³-hybridized carbons (Fsp3) is 0.857. The SMILES string of the molecule is CC(C)CCNC(=O)NC(=O)CN1C[C@@H](C)O[C@H](C)C1. The first kappa shape index (κ1) is 16.9. The van der Waals surface area contributed by atoms with Crippen LogP contribution in [0.3, 0.4) is 0 Å². The second-order valence-corrected chi connectivity index (χ2v) is 5.94. The van der Waals surface area contributed by atoms with Gasteiger partial charge in [-0.15, -0.1) is 0 Å². The van der Waals surface area contributed by atoms with Gasteiger partial charge in [0.05, 0.1) is 18.8 Å². The Bertz CT molecular complexity index is 324. The molecule has 1 aliphatic heterocycles. The summed E-state index contributed by atoms with van der Waals surface area (Å²) in [4.78, 5) is 25.3. The van der Waals surface area contributed by atoms with Gasteiger partial charge in [-0.1, -0.05) is 13.8 Å². The third kappa shape index (κ3) is 6.86. The summed E-state index contributed by atoms with van der Waals surface area (Å²) >= 11 is 0. The van der Waals surface area contributed by atoms with Crippen LogP contribution in [0, 0.1) is 5.92 Å². The topological polar surface area (TPSA) is 70.7 Å². The lowest BCUT2D eigenvalue weighted by molar-refractivity contribution is -0.124. The van der Waals surface area contributed by atoms with Crippen molar-refractivity contribution in [2.24, 2.45) is 5.92 Å². The van der Waals surface area contributed by atoms with Crippen molar-refractivity contribution in [1.82, 2.24) is 15.5 Å². The largest absolute Gasteiger partial charge is 0.373 e. The van der Waals surface area contributed by atoms with Gasteiger partial charge in [0.15, 0.2) is 0 Å². The van der Waals surface area contributed by atoms with Gasteiger partial charge in [0.25, 0.3) is 0 Å². The van der Waals surface area contributed by atoms with Crippen molar-refractivity contribution in [2.75, 3.05) is 26.2 Å². The third-order valence-corrected chi connectivity index (χ3v) is 3.12. The molecule has 116 valence electrons. The summed E-state index contributed by atoms with van der Waals surface area (Å²) in [5, 5.41) is 5.04. The number of carbonyl (C=O) groups is 2. The van der Waals surface area contributed by atoms with E-state index in [2.05, 4.69) is 24.5 Å². The quantitative estimate of drug-likeness (QED) is 0.789. The highest BCUT2D eigenvalue weighted by Crippen LogP contribution is 2.09. The smallest absolute Gasteiger partial charge is 0.321 e. The van der Waals surface area contributed by atoms with E-state index in [0.29, 0.717) is 25.6 Å². The minimum Gasteiger partial charge on any atom is -0.373 e. The van der Waals surface area contributed by atoms with Crippen molar-refractivity contribution < 1.29 is 14.3 Å². The summed E-state index contributed by atoms with van der Waals surface area (Å²) < 4.78 is 5.60. The van der Waals surface area contributed by atoms with E-state index >= 15 is 0 Å². The standard InChI is InChI=1S/C14H27N3O3/c1-10(2)5-6-15-14(19)16-13(18)9-17-7-11(3)20-12(4)8-17/h10-12H,5-9H2,1-4H3,(H2,15,16,18,19)/t11-,12-/m1/s1. The predicted octanol–water partition coefficient (Wildman–Crippen LogP) is 0.968. The minimum absolute atomic E-state index is 0.117. The molecule has 0 spiro atoms. The molecule has 2 N–H and O–H groups in total. The molecule has 2 atom stereocenters. The molecule has 1 fully saturated rings. The van der Waals surface area contributed by atoms with Gasteiger partial charge in [-0.25, -0.2) is 4.79 Å². The Labute approximate surface area is 121 Å². The zero-order valence-corrected chi connectivity index (χ0v) is 12.9. The lowest BCUT2D eigenvalue weighted by Crippen LogP contribution is -2.51. The summed E-state index contributed by atoms with van der Waals surface area (Å²) in [6.45, 7) is 10.4. The number of urea groups is 1. The summed E-state index contributed by atoms with van der Waals surface area (Å²) in [5.41, 5.74) is 0. The number of morpholine rings is 1. The number of rotatable bonds is 5. The fourth-order valence-corrected chi connectivity index (χ4v) is 2.30. The number of amides is 3. The van der Waals surface area contributed by atoms with Gasteiger partial charge in [-0.2, -0.15) is 0 Å². The second kappa shape index (κ2) is 8.21. The molecule has 20 heavy (non-hydrogen) atoms. The highest BCUT2D eigenvalue weighted by Gasteiger charge is 2.24. The van der Waals surface area contributed by atoms with Crippen LogP contribution >= 0.6 is 0 Å². The number of nitrogens with zero attached hydrogens (tertiary/aromatic N) is 1. The van der Waals surface area contributed by atoms with E-state index in [9.17, 15) is 9.59 Å². The number of carbonyl (C=O) groups excluding carboxylic acids is 2. The van der Waals surface area contributed by atoms with Crippen LogP contribution in [0.2, 0.25) is 0 Å². The van der Waals surface area contributed by atoms with E-state index < -0.39 is 6.03 Å². The Morgan fingerprint density at radius 2 is 1.85 bits per heavy atom. The van der Waals surface area contributed by atoms with Crippen molar-refractivity contribution in [3.8, 4) is 0 Å². The minimum atomic E-state index is -0.412. The van der Waals surface area contributed by atoms with Crippen LogP contribution in [0.5, 0.6) is 0 Å². The van der Waals surface area contributed by atoms with Crippen LogP contribution in [0.25, 0.3) is 0 Å². The average molecular weight is 285 g/mol. The Kier molecular flexibility index (Phi) is 6.95. The number of hydrogen-bond donors (Lipinski definition) is 2. The molecule has 1 heterocycles. The van der Waals surface area contributed by atoms with Crippen LogP contribution in [0.4, 0.5) is 4.79 Å². The summed E-state index contributed by atoms with van der Waals surface area (Å²) in [7, 11) is 0. The lowest BCUT2D eigenvalue weighted by Gasteiger charge is -2.34. The number of hydrogen-bond acceptors (Lipinski definition) is 4. The molecule has 0 saturated carbocycles. The molecule has 6 nitrogen and oxygen atoms in total. The molecule has 1 rings (SSSR count).